The third kappa shape index (κ3) is 4.91. The molecule has 0 radical (unpaired) electrons. The van der Waals surface area contributed by atoms with Crippen LogP contribution in [0.3, 0.4) is 0 Å². The third-order valence-corrected chi connectivity index (χ3v) is 3.89. The Labute approximate surface area is 138 Å². The first-order chi connectivity index (χ1) is 9.78. The molecule has 0 amide bonds. The normalized spacial score (nSPS) is 17.9. The number of rotatable bonds is 3. The summed E-state index contributed by atoms with van der Waals surface area (Å²) in [6.45, 7) is 3.91. The summed E-state index contributed by atoms with van der Waals surface area (Å²) in [5.74, 6) is -0.104. The first-order valence-corrected chi connectivity index (χ1v) is 7.16. The highest BCUT2D eigenvalue weighted by Gasteiger charge is 2.37. The minimum Gasteiger partial charge on any atom is -0.507 e. The van der Waals surface area contributed by atoms with Crippen molar-refractivity contribution in [2.75, 3.05) is 26.2 Å². The van der Waals surface area contributed by atoms with Crippen LogP contribution in [0, 0.1) is 6.92 Å². The van der Waals surface area contributed by atoms with Gasteiger partial charge >= 0.3 is 6.18 Å². The summed E-state index contributed by atoms with van der Waals surface area (Å²) in [6, 6.07) is 2.06. The molecule has 1 fully saturated rings. The van der Waals surface area contributed by atoms with Gasteiger partial charge in [0.1, 0.15) is 5.75 Å². The van der Waals surface area contributed by atoms with Crippen LogP contribution in [0.1, 0.15) is 23.6 Å². The molecule has 8 heteroatoms. The molecule has 1 heterocycles. The molecule has 22 heavy (non-hydrogen) atoms. The Morgan fingerprint density at radius 2 is 1.91 bits per heavy atom. The number of hydrogen-bond acceptors (Lipinski definition) is 3. The van der Waals surface area contributed by atoms with E-state index in [-0.39, 0.29) is 23.7 Å². The fourth-order valence-electron chi connectivity index (χ4n) is 2.66. The van der Waals surface area contributed by atoms with Gasteiger partial charge in [-0.1, -0.05) is 11.6 Å². The molecule has 3 nitrogen and oxygen atoms in total. The number of benzene rings is 1. The van der Waals surface area contributed by atoms with Gasteiger partial charge in [0.05, 0.1) is 6.42 Å². The maximum Gasteiger partial charge on any atom is 0.390 e. The summed E-state index contributed by atoms with van der Waals surface area (Å²) >= 11 is 5.95. The molecule has 2 rings (SSSR count). The van der Waals surface area contributed by atoms with Crippen molar-refractivity contribution >= 4 is 24.0 Å². The molecular formula is C14H19Cl2F3N2O. The molecule has 0 aromatic heterocycles. The molecule has 0 aliphatic carbocycles. The Kier molecular flexibility index (Phi) is 6.80. The summed E-state index contributed by atoms with van der Waals surface area (Å²) in [5.41, 5.74) is 0.735. The van der Waals surface area contributed by atoms with E-state index in [0.29, 0.717) is 36.8 Å². The fraction of sp³-hybridized carbons (Fsp3) is 0.571. The monoisotopic (exact) mass is 358 g/mol. The molecule has 2 N–H and O–H groups in total. The number of halogens is 5. The van der Waals surface area contributed by atoms with Crippen LogP contribution >= 0.6 is 24.0 Å². The second-order valence-electron chi connectivity index (χ2n) is 5.28. The predicted octanol–water partition coefficient (Wildman–Crippen LogP) is 3.67. The van der Waals surface area contributed by atoms with E-state index >= 15 is 0 Å². The molecular weight excluding hydrogens is 340 g/mol. The van der Waals surface area contributed by atoms with E-state index in [2.05, 4.69) is 5.32 Å². The Morgan fingerprint density at radius 3 is 2.45 bits per heavy atom. The number of phenolic OH excluding ortho intramolecular Hbond substituents is 1. The van der Waals surface area contributed by atoms with Gasteiger partial charge < -0.3 is 10.4 Å². The van der Waals surface area contributed by atoms with Crippen LogP contribution < -0.4 is 5.32 Å². The molecule has 1 aromatic rings. The highest BCUT2D eigenvalue weighted by Crippen LogP contribution is 2.40. The van der Waals surface area contributed by atoms with Crippen LogP contribution in [0.4, 0.5) is 13.2 Å². The van der Waals surface area contributed by atoms with Crippen molar-refractivity contribution in [2.45, 2.75) is 25.6 Å². The first-order valence-electron chi connectivity index (χ1n) is 6.78. The molecule has 0 unspecified atom stereocenters. The molecule has 1 aliphatic rings. The van der Waals surface area contributed by atoms with Gasteiger partial charge in [0.2, 0.25) is 0 Å². The van der Waals surface area contributed by atoms with Crippen LogP contribution in [0.2, 0.25) is 5.02 Å². The van der Waals surface area contributed by atoms with Gasteiger partial charge in [-0.25, -0.2) is 0 Å². The number of phenols is 1. The van der Waals surface area contributed by atoms with Crippen molar-refractivity contribution in [3.63, 3.8) is 0 Å². The zero-order chi connectivity index (χ0) is 15.6. The maximum absolute atomic E-state index is 12.9. The molecule has 1 aromatic carbocycles. The quantitative estimate of drug-likeness (QED) is 0.865. The second kappa shape index (κ2) is 7.73. The van der Waals surface area contributed by atoms with Crippen LogP contribution in [0.25, 0.3) is 0 Å². The zero-order valence-electron chi connectivity index (χ0n) is 12.1. The predicted molar refractivity (Wildman–Crippen MR) is 83.0 cm³/mol. The summed E-state index contributed by atoms with van der Waals surface area (Å²) in [5, 5.41) is 13.6. The summed E-state index contributed by atoms with van der Waals surface area (Å²) in [6.07, 6.45) is -5.31. The largest absolute Gasteiger partial charge is 0.507 e. The number of alkyl halides is 3. The van der Waals surface area contributed by atoms with Gasteiger partial charge in [-0.15, -0.1) is 12.4 Å². The Balaban J connectivity index is 0.00000242. The Hall–Kier alpha value is -0.690. The Morgan fingerprint density at radius 1 is 1.32 bits per heavy atom. The van der Waals surface area contributed by atoms with Crippen molar-refractivity contribution < 1.29 is 18.3 Å². The summed E-state index contributed by atoms with van der Waals surface area (Å²) in [7, 11) is 0. The number of nitrogens with zero attached hydrogens (tertiary/aromatic N) is 1. The van der Waals surface area contributed by atoms with Crippen molar-refractivity contribution in [2.24, 2.45) is 0 Å². The highest BCUT2D eigenvalue weighted by atomic mass is 35.5. The molecule has 0 spiro atoms. The average Bonchev–Trinajstić information content (AvgIpc) is 2.40. The number of aromatic hydroxyl groups is 1. The van der Waals surface area contributed by atoms with Gasteiger partial charge in [0.25, 0.3) is 0 Å². The standard InChI is InChI=1S/C14H18ClF3N2O.ClH/c1-9-6-10(15)7-11(13(9)21)12(8-14(16,17)18)20-4-2-19-3-5-20;/h6-7,12,19,21H,2-5,8H2,1H3;1H/t12-;/m0./s1. The van der Waals surface area contributed by atoms with Crippen LogP contribution in [-0.2, 0) is 0 Å². The SMILES string of the molecule is Cc1cc(Cl)cc([C@H](CC(F)(F)F)N2CCNCC2)c1O.Cl. The minimum atomic E-state index is -4.31. The number of piperazine rings is 1. The lowest BCUT2D eigenvalue weighted by Gasteiger charge is -2.36. The number of aryl methyl sites for hydroxylation is 1. The van der Waals surface area contributed by atoms with Gasteiger partial charge in [0, 0.05) is 42.8 Å². The van der Waals surface area contributed by atoms with E-state index in [1.54, 1.807) is 17.9 Å². The lowest BCUT2D eigenvalue weighted by Crippen LogP contribution is -2.46. The molecule has 0 bridgehead atoms. The van der Waals surface area contributed by atoms with E-state index in [1.165, 1.54) is 6.07 Å². The van der Waals surface area contributed by atoms with Gasteiger partial charge in [-0.3, -0.25) is 4.90 Å². The van der Waals surface area contributed by atoms with E-state index in [4.69, 9.17) is 11.6 Å². The average molecular weight is 359 g/mol. The molecule has 0 saturated carbocycles. The van der Waals surface area contributed by atoms with Gasteiger partial charge in [-0.05, 0) is 24.6 Å². The maximum atomic E-state index is 12.9. The fourth-order valence-corrected chi connectivity index (χ4v) is 2.95. The number of hydrogen-bond donors (Lipinski definition) is 2. The zero-order valence-corrected chi connectivity index (χ0v) is 13.7. The Bertz CT molecular complexity index is 506. The molecule has 1 aliphatic heterocycles. The first kappa shape index (κ1) is 19.4. The summed E-state index contributed by atoms with van der Waals surface area (Å²) < 4.78 is 38.8. The summed E-state index contributed by atoms with van der Waals surface area (Å²) in [4.78, 5) is 1.74. The third-order valence-electron chi connectivity index (χ3n) is 3.67. The van der Waals surface area contributed by atoms with Crippen LogP contribution in [0.5, 0.6) is 5.75 Å². The molecule has 1 saturated heterocycles. The van der Waals surface area contributed by atoms with Gasteiger partial charge in [-0.2, -0.15) is 13.2 Å². The van der Waals surface area contributed by atoms with E-state index in [1.807, 2.05) is 0 Å². The van der Waals surface area contributed by atoms with E-state index in [0.717, 1.165) is 0 Å². The second-order valence-corrected chi connectivity index (χ2v) is 5.72. The van der Waals surface area contributed by atoms with Gasteiger partial charge in [0.15, 0.2) is 0 Å². The van der Waals surface area contributed by atoms with E-state index in [9.17, 15) is 18.3 Å². The van der Waals surface area contributed by atoms with Crippen molar-refractivity contribution in [1.82, 2.24) is 10.2 Å². The lowest BCUT2D eigenvalue weighted by atomic mass is 9.97. The minimum absolute atomic E-state index is 0. The molecule has 126 valence electrons. The van der Waals surface area contributed by atoms with Crippen molar-refractivity contribution in [3.8, 4) is 5.75 Å². The van der Waals surface area contributed by atoms with Crippen molar-refractivity contribution in [1.29, 1.82) is 0 Å². The van der Waals surface area contributed by atoms with Crippen LogP contribution in [0.15, 0.2) is 12.1 Å². The highest BCUT2D eigenvalue weighted by molar-refractivity contribution is 6.30. The molecule has 1 atom stereocenters. The van der Waals surface area contributed by atoms with E-state index < -0.39 is 18.6 Å². The topological polar surface area (TPSA) is 35.5 Å². The van der Waals surface area contributed by atoms with Crippen molar-refractivity contribution in [3.05, 3.63) is 28.3 Å². The van der Waals surface area contributed by atoms with Crippen LogP contribution in [-0.4, -0.2) is 42.4 Å². The number of nitrogens with one attached hydrogen (secondary N) is 1. The lowest BCUT2D eigenvalue weighted by molar-refractivity contribution is -0.148. The smallest absolute Gasteiger partial charge is 0.390 e.